The molecule has 0 spiro atoms. The zero-order chi connectivity index (χ0) is 23.3. The Morgan fingerprint density at radius 3 is 2.47 bits per heavy atom. The van der Waals surface area contributed by atoms with Gasteiger partial charge in [0.25, 0.3) is 10.0 Å². The number of aryl methyl sites for hydroxylation is 1. The molecule has 1 N–H and O–H groups in total. The summed E-state index contributed by atoms with van der Waals surface area (Å²) in [5.74, 6) is -0.111. The van der Waals surface area contributed by atoms with E-state index < -0.39 is 21.2 Å². The normalized spacial score (nSPS) is 17.4. The number of amides is 2. The molecule has 168 valence electrons. The zero-order valence-corrected chi connectivity index (χ0v) is 19.3. The molecule has 1 saturated heterocycles. The second kappa shape index (κ2) is 10.0. The van der Waals surface area contributed by atoms with E-state index in [-0.39, 0.29) is 28.9 Å². The van der Waals surface area contributed by atoms with Gasteiger partial charge >= 0.3 is 0 Å². The minimum Gasteiger partial charge on any atom is -0.497 e. The SMILES string of the molecule is C=CCN1C(=O)C(CC(=O)Nc2ccc(OC)cc2)SC1=NS(=O)(=O)c1ccc(C)cc1. The maximum Gasteiger partial charge on any atom is 0.284 e. The van der Waals surface area contributed by atoms with Gasteiger partial charge < -0.3 is 10.1 Å². The van der Waals surface area contributed by atoms with Crippen LogP contribution in [0.1, 0.15) is 12.0 Å². The van der Waals surface area contributed by atoms with Crippen LogP contribution in [0, 0.1) is 6.92 Å². The van der Waals surface area contributed by atoms with Crippen molar-refractivity contribution in [3.8, 4) is 5.75 Å². The molecule has 3 rings (SSSR count). The number of nitrogens with zero attached hydrogens (tertiary/aromatic N) is 2. The highest BCUT2D eigenvalue weighted by Crippen LogP contribution is 2.31. The highest BCUT2D eigenvalue weighted by atomic mass is 32.2. The highest BCUT2D eigenvalue weighted by molar-refractivity contribution is 8.16. The van der Waals surface area contributed by atoms with Crippen LogP contribution in [0.5, 0.6) is 5.75 Å². The van der Waals surface area contributed by atoms with Crippen molar-refractivity contribution in [2.75, 3.05) is 19.0 Å². The largest absolute Gasteiger partial charge is 0.497 e. The van der Waals surface area contributed by atoms with Crippen LogP contribution < -0.4 is 10.1 Å². The Labute approximate surface area is 191 Å². The van der Waals surface area contributed by atoms with E-state index in [1.165, 1.54) is 23.1 Å². The van der Waals surface area contributed by atoms with E-state index in [0.717, 1.165) is 17.3 Å². The Kier molecular flexibility index (Phi) is 7.37. The molecule has 0 saturated carbocycles. The molecule has 0 radical (unpaired) electrons. The van der Waals surface area contributed by atoms with E-state index in [2.05, 4.69) is 16.3 Å². The first-order valence-corrected chi connectivity index (χ1v) is 12.0. The monoisotopic (exact) mass is 473 g/mol. The molecule has 2 aromatic carbocycles. The third kappa shape index (κ3) is 5.57. The first-order valence-electron chi connectivity index (χ1n) is 9.68. The summed E-state index contributed by atoms with van der Waals surface area (Å²) in [6.45, 7) is 5.55. The topological polar surface area (TPSA) is 105 Å². The van der Waals surface area contributed by atoms with E-state index >= 15 is 0 Å². The molecule has 1 atom stereocenters. The van der Waals surface area contributed by atoms with Crippen LogP contribution in [0.2, 0.25) is 0 Å². The molecule has 0 bridgehead atoms. The molecule has 1 aliphatic heterocycles. The van der Waals surface area contributed by atoms with E-state index in [1.807, 2.05) is 6.92 Å². The van der Waals surface area contributed by atoms with Gasteiger partial charge in [-0.15, -0.1) is 11.0 Å². The number of methoxy groups -OCH3 is 1. The summed E-state index contributed by atoms with van der Waals surface area (Å²) in [6.07, 6.45) is 1.35. The molecular weight excluding hydrogens is 450 g/mol. The van der Waals surface area contributed by atoms with Gasteiger partial charge in [-0.1, -0.05) is 35.5 Å². The van der Waals surface area contributed by atoms with Gasteiger partial charge in [0.2, 0.25) is 11.8 Å². The molecule has 1 fully saturated rings. The van der Waals surface area contributed by atoms with Gasteiger partial charge in [-0.25, -0.2) is 0 Å². The molecule has 10 heteroatoms. The number of sulfonamides is 1. The van der Waals surface area contributed by atoms with E-state index in [9.17, 15) is 18.0 Å². The van der Waals surface area contributed by atoms with E-state index in [4.69, 9.17) is 4.74 Å². The molecule has 32 heavy (non-hydrogen) atoms. The number of rotatable bonds is 8. The average Bonchev–Trinajstić information content (AvgIpc) is 3.03. The maximum atomic E-state index is 12.8. The summed E-state index contributed by atoms with van der Waals surface area (Å²) in [6, 6.07) is 13.1. The molecule has 1 unspecified atom stereocenters. The maximum absolute atomic E-state index is 12.8. The predicted molar refractivity (Wildman–Crippen MR) is 125 cm³/mol. The second-order valence-corrected chi connectivity index (χ2v) is 9.76. The third-order valence-electron chi connectivity index (χ3n) is 4.59. The van der Waals surface area contributed by atoms with Gasteiger partial charge in [-0.05, 0) is 43.3 Å². The van der Waals surface area contributed by atoms with E-state index in [1.54, 1.807) is 43.5 Å². The minimum atomic E-state index is -4.02. The van der Waals surface area contributed by atoms with Gasteiger partial charge in [0.05, 0.1) is 12.0 Å². The molecule has 1 heterocycles. The van der Waals surface area contributed by atoms with Crippen molar-refractivity contribution in [3.63, 3.8) is 0 Å². The predicted octanol–water partition coefficient (Wildman–Crippen LogP) is 3.21. The summed E-state index contributed by atoms with van der Waals surface area (Å²) in [5.41, 5.74) is 1.48. The summed E-state index contributed by atoms with van der Waals surface area (Å²) < 4.78 is 34.4. The number of carbonyl (C=O) groups is 2. The summed E-state index contributed by atoms with van der Waals surface area (Å²) >= 11 is 0.955. The number of amidine groups is 1. The quantitative estimate of drug-likeness (QED) is 0.591. The lowest BCUT2D eigenvalue weighted by molar-refractivity contribution is -0.127. The van der Waals surface area contributed by atoms with Gasteiger partial charge in [-0.2, -0.15) is 8.42 Å². The van der Waals surface area contributed by atoms with Crippen LogP contribution in [0.15, 0.2) is 70.5 Å². The minimum absolute atomic E-state index is 0.0257. The van der Waals surface area contributed by atoms with E-state index in [0.29, 0.717) is 11.4 Å². The lowest BCUT2D eigenvalue weighted by Crippen LogP contribution is -2.33. The van der Waals surface area contributed by atoms with Crippen LogP contribution in [0.4, 0.5) is 5.69 Å². The van der Waals surface area contributed by atoms with Crippen molar-refractivity contribution in [2.24, 2.45) is 4.40 Å². The van der Waals surface area contributed by atoms with Crippen LogP contribution in [0.3, 0.4) is 0 Å². The van der Waals surface area contributed by atoms with Crippen molar-refractivity contribution in [1.29, 1.82) is 0 Å². The number of benzene rings is 2. The van der Waals surface area contributed by atoms with Gasteiger partial charge in [0.15, 0.2) is 5.17 Å². The second-order valence-electron chi connectivity index (χ2n) is 6.99. The van der Waals surface area contributed by atoms with Crippen molar-refractivity contribution in [3.05, 3.63) is 66.7 Å². The number of anilines is 1. The molecule has 1 aliphatic rings. The molecule has 0 aromatic heterocycles. The first kappa shape index (κ1) is 23.6. The van der Waals surface area contributed by atoms with Gasteiger partial charge in [-0.3, -0.25) is 14.5 Å². The Balaban J connectivity index is 1.76. The fourth-order valence-electron chi connectivity index (χ4n) is 2.93. The number of nitrogens with one attached hydrogen (secondary N) is 1. The molecular formula is C22H23N3O5S2. The van der Waals surface area contributed by atoms with Crippen LogP contribution in [-0.4, -0.2) is 49.2 Å². The van der Waals surface area contributed by atoms with Crippen molar-refractivity contribution >= 4 is 44.5 Å². The lowest BCUT2D eigenvalue weighted by atomic mass is 10.2. The van der Waals surface area contributed by atoms with Crippen molar-refractivity contribution < 1.29 is 22.7 Å². The molecule has 2 amide bonds. The fourth-order valence-corrected chi connectivity index (χ4v) is 5.29. The summed E-state index contributed by atoms with van der Waals surface area (Å²) in [7, 11) is -2.47. The van der Waals surface area contributed by atoms with Crippen molar-refractivity contribution in [1.82, 2.24) is 4.90 Å². The zero-order valence-electron chi connectivity index (χ0n) is 17.6. The van der Waals surface area contributed by atoms with Gasteiger partial charge in [0.1, 0.15) is 11.0 Å². The molecule has 2 aromatic rings. The first-order chi connectivity index (χ1) is 15.2. The van der Waals surface area contributed by atoms with Crippen LogP contribution in [-0.2, 0) is 19.6 Å². The number of thioether (sulfide) groups is 1. The highest BCUT2D eigenvalue weighted by Gasteiger charge is 2.39. The smallest absolute Gasteiger partial charge is 0.284 e. The summed E-state index contributed by atoms with van der Waals surface area (Å²) in [5, 5.41) is 1.96. The third-order valence-corrected chi connectivity index (χ3v) is 7.17. The van der Waals surface area contributed by atoms with Gasteiger partial charge in [0, 0.05) is 18.7 Å². The van der Waals surface area contributed by atoms with Crippen LogP contribution in [0.25, 0.3) is 0 Å². The molecule has 0 aliphatic carbocycles. The standard InChI is InChI=1S/C22H23N3O5S2/c1-4-13-25-21(27)19(14-20(26)23-16-7-9-17(30-3)10-8-16)31-22(25)24-32(28,29)18-11-5-15(2)6-12-18/h4-12,19H,1,13-14H2,2-3H3,(H,23,26). The Morgan fingerprint density at radius 2 is 1.88 bits per heavy atom. The Morgan fingerprint density at radius 1 is 1.22 bits per heavy atom. The van der Waals surface area contributed by atoms with Crippen molar-refractivity contribution in [2.45, 2.75) is 23.5 Å². The van der Waals surface area contributed by atoms with Crippen LogP contribution >= 0.6 is 11.8 Å². The lowest BCUT2D eigenvalue weighted by Gasteiger charge is -2.13. The summed E-state index contributed by atoms with van der Waals surface area (Å²) in [4.78, 5) is 26.6. The number of ether oxygens (including phenoxy) is 1. The average molecular weight is 474 g/mol. The number of carbonyl (C=O) groups excluding carboxylic acids is 2. The Bertz CT molecular complexity index is 1140. The fraction of sp³-hybridized carbons (Fsp3) is 0.227. The number of hydrogen-bond donors (Lipinski definition) is 1. The molecule has 8 nitrogen and oxygen atoms in total. The Hall–Kier alpha value is -3.11. The number of hydrogen-bond acceptors (Lipinski definition) is 6.